The number of pyridine rings is 1. The van der Waals surface area contributed by atoms with Crippen LogP contribution in [-0.4, -0.2) is 76.9 Å². The maximum atomic E-state index is 13.7. The van der Waals surface area contributed by atoms with E-state index >= 15 is 0 Å². The standard InChI is InChI=1S/C29H35N7O4S/c1-40-24-14-20(29(37)36-16-19-7-8-22(36)25(19)30)12-21-26(24)34(11-10-32-41(2,38)39)28(33-21)23-13-18-4-3-9-31-27(18)35(23)15-17-5-6-17/h3-4,9,12-14,17,19,22,25,32H,5-8,10-11,15-16,30H2,1-2H3/t19?,22?,25-/m1/s1. The zero-order valence-corrected chi connectivity index (χ0v) is 24.1. The summed E-state index contributed by atoms with van der Waals surface area (Å²) in [5, 5.41) is 1.01. The van der Waals surface area contributed by atoms with E-state index in [1.165, 1.54) is 12.8 Å². The number of carbonyl (C=O) groups excluding carboxylic acids is 1. The fourth-order valence-corrected chi connectivity index (χ4v) is 7.19. The van der Waals surface area contributed by atoms with Crippen molar-refractivity contribution in [1.82, 2.24) is 28.7 Å². The highest BCUT2D eigenvalue weighted by Gasteiger charge is 2.47. The number of fused-ring (bicyclic) bond motifs is 4. The van der Waals surface area contributed by atoms with E-state index < -0.39 is 10.0 Å². The molecule has 1 aromatic carbocycles. The molecule has 1 amide bonds. The molecule has 1 aliphatic heterocycles. The van der Waals surface area contributed by atoms with Crippen LogP contribution in [0.3, 0.4) is 0 Å². The Bertz CT molecular complexity index is 1770. The molecule has 4 heterocycles. The molecule has 41 heavy (non-hydrogen) atoms. The van der Waals surface area contributed by atoms with Crippen molar-refractivity contribution in [2.45, 2.75) is 50.9 Å². The van der Waals surface area contributed by atoms with E-state index in [-0.39, 0.29) is 24.5 Å². The number of carbonyl (C=O) groups is 1. The molecule has 4 aromatic rings. The van der Waals surface area contributed by atoms with Gasteiger partial charge in [-0.3, -0.25) is 4.79 Å². The predicted octanol–water partition coefficient (Wildman–Crippen LogP) is 2.58. The number of ether oxygens (including phenoxy) is 1. The molecule has 11 nitrogen and oxygen atoms in total. The lowest BCUT2D eigenvalue weighted by molar-refractivity contribution is 0.0700. The molecule has 3 fully saturated rings. The number of nitrogens with two attached hydrogens (primary N) is 1. The van der Waals surface area contributed by atoms with E-state index in [0.29, 0.717) is 53.1 Å². The number of amides is 1. The van der Waals surface area contributed by atoms with Gasteiger partial charge in [-0.2, -0.15) is 0 Å². The third-order valence-electron chi connectivity index (χ3n) is 8.91. The molecule has 3 N–H and O–H groups in total. The van der Waals surface area contributed by atoms with Crippen LogP contribution in [0.25, 0.3) is 33.6 Å². The quantitative estimate of drug-likeness (QED) is 0.312. The van der Waals surface area contributed by atoms with Gasteiger partial charge in [0.2, 0.25) is 10.0 Å². The van der Waals surface area contributed by atoms with E-state index in [4.69, 9.17) is 15.5 Å². The molecule has 3 aromatic heterocycles. The molecule has 0 spiro atoms. The maximum absolute atomic E-state index is 13.7. The molecule has 2 bridgehead atoms. The number of nitrogens with one attached hydrogen (secondary N) is 1. The van der Waals surface area contributed by atoms with Gasteiger partial charge in [-0.05, 0) is 67.9 Å². The van der Waals surface area contributed by atoms with Crippen LogP contribution in [-0.2, 0) is 23.1 Å². The predicted molar refractivity (Wildman–Crippen MR) is 156 cm³/mol. The van der Waals surface area contributed by atoms with E-state index in [1.807, 2.05) is 27.7 Å². The fraction of sp³-hybridized carbons (Fsp3) is 0.483. The normalized spacial score (nSPS) is 22.3. The van der Waals surface area contributed by atoms with Crippen LogP contribution >= 0.6 is 0 Å². The molecular weight excluding hydrogens is 542 g/mol. The van der Waals surface area contributed by atoms with Crippen LogP contribution in [0.15, 0.2) is 36.5 Å². The lowest BCUT2D eigenvalue weighted by Gasteiger charge is -2.27. The van der Waals surface area contributed by atoms with Crippen LogP contribution in [0.5, 0.6) is 5.75 Å². The second-order valence-electron chi connectivity index (χ2n) is 11.7. The number of methoxy groups -OCH3 is 1. The van der Waals surface area contributed by atoms with Gasteiger partial charge >= 0.3 is 0 Å². The van der Waals surface area contributed by atoms with Gasteiger partial charge in [0.05, 0.1) is 24.6 Å². The van der Waals surface area contributed by atoms with Gasteiger partial charge in [-0.25, -0.2) is 23.1 Å². The Balaban J connectivity index is 1.37. The van der Waals surface area contributed by atoms with Crippen LogP contribution in [0.4, 0.5) is 0 Å². The number of sulfonamides is 1. The summed E-state index contributed by atoms with van der Waals surface area (Å²) in [6.07, 6.45) is 7.31. The zero-order chi connectivity index (χ0) is 28.5. The Labute approximate surface area is 238 Å². The van der Waals surface area contributed by atoms with Gasteiger partial charge in [0.1, 0.15) is 16.9 Å². The minimum atomic E-state index is -3.39. The van der Waals surface area contributed by atoms with Crippen LogP contribution in [0.2, 0.25) is 0 Å². The largest absolute Gasteiger partial charge is 0.494 e. The number of imidazole rings is 1. The van der Waals surface area contributed by atoms with E-state index in [1.54, 1.807) is 19.4 Å². The second-order valence-corrected chi connectivity index (χ2v) is 13.6. The monoisotopic (exact) mass is 577 g/mol. The fourth-order valence-electron chi connectivity index (χ4n) is 6.73. The number of nitrogens with zero attached hydrogens (tertiary/aromatic N) is 5. The van der Waals surface area contributed by atoms with Gasteiger partial charge in [0.25, 0.3) is 5.91 Å². The number of piperidine rings is 1. The van der Waals surface area contributed by atoms with Crippen LogP contribution in [0.1, 0.15) is 36.0 Å². The Morgan fingerprint density at radius 3 is 2.68 bits per heavy atom. The van der Waals surface area contributed by atoms with Crippen molar-refractivity contribution in [3.8, 4) is 17.3 Å². The third-order valence-corrected chi connectivity index (χ3v) is 9.64. The van der Waals surface area contributed by atoms with Crippen molar-refractivity contribution in [2.24, 2.45) is 17.6 Å². The van der Waals surface area contributed by atoms with E-state index in [2.05, 4.69) is 20.3 Å². The number of benzene rings is 1. The molecule has 216 valence electrons. The van der Waals surface area contributed by atoms with Crippen LogP contribution in [0, 0.1) is 11.8 Å². The zero-order valence-electron chi connectivity index (χ0n) is 23.3. The topological polar surface area (TPSA) is 137 Å². The average Bonchev–Trinajstić information content (AvgIpc) is 3.30. The molecule has 3 atom stereocenters. The van der Waals surface area contributed by atoms with Crippen molar-refractivity contribution >= 4 is 38.0 Å². The van der Waals surface area contributed by atoms with E-state index in [0.717, 1.165) is 42.4 Å². The number of likely N-dealkylation sites (tertiary alicyclic amines) is 1. The summed E-state index contributed by atoms with van der Waals surface area (Å²) < 4.78 is 36.5. The minimum absolute atomic E-state index is 0.0275. The maximum Gasteiger partial charge on any atom is 0.254 e. The average molecular weight is 578 g/mol. The minimum Gasteiger partial charge on any atom is -0.494 e. The molecule has 2 aliphatic carbocycles. The van der Waals surface area contributed by atoms with Crippen molar-refractivity contribution in [1.29, 1.82) is 0 Å². The molecule has 7 rings (SSSR count). The summed E-state index contributed by atoms with van der Waals surface area (Å²) in [4.78, 5) is 25.4. The second kappa shape index (κ2) is 9.81. The van der Waals surface area contributed by atoms with Gasteiger partial charge < -0.3 is 24.5 Å². The van der Waals surface area contributed by atoms with Crippen molar-refractivity contribution in [3.05, 3.63) is 42.1 Å². The number of hydrogen-bond acceptors (Lipinski definition) is 7. The first-order chi connectivity index (χ1) is 19.7. The summed E-state index contributed by atoms with van der Waals surface area (Å²) >= 11 is 0. The Morgan fingerprint density at radius 2 is 2.00 bits per heavy atom. The van der Waals surface area contributed by atoms with Gasteiger partial charge in [-0.15, -0.1) is 0 Å². The molecule has 0 radical (unpaired) electrons. The first-order valence-electron chi connectivity index (χ1n) is 14.3. The lowest BCUT2D eigenvalue weighted by Crippen LogP contribution is -2.41. The van der Waals surface area contributed by atoms with Crippen molar-refractivity contribution < 1.29 is 17.9 Å². The number of hydrogen-bond donors (Lipinski definition) is 2. The Morgan fingerprint density at radius 1 is 1.17 bits per heavy atom. The van der Waals surface area contributed by atoms with Crippen LogP contribution < -0.4 is 15.2 Å². The SMILES string of the molecule is COc1cc(C(=O)N2CC3CCC2[C@@H]3N)cc2nc(-c3cc4cccnc4n3CC3CC3)n(CCNS(C)(=O)=O)c12. The first kappa shape index (κ1) is 26.4. The summed E-state index contributed by atoms with van der Waals surface area (Å²) in [6, 6.07) is 9.75. The Kier molecular flexibility index (Phi) is 6.32. The third kappa shape index (κ3) is 4.67. The lowest BCUT2D eigenvalue weighted by atomic mass is 10.1. The molecule has 2 unspecified atom stereocenters. The smallest absolute Gasteiger partial charge is 0.254 e. The molecule has 3 aliphatic rings. The molecule has 1 saturated heterocycles. The van der Waals surface area contributed by atoms with Crippen molar-refractivity contribution in [3.63, 3.8) is 0 Å². The highest BCUT2D eigenvalue weighted by Crippen LogP contribution is 2.40. The first-order valence-corrected chi connectivity index (χ1v) is 16.1. The summed E-state index contributed by atoms with van der Waals surface area (Å²) in [5.74, 6) is 2.08. The van der Waals surface area contributed by atoms with Gasteiger partial charge in [0, 0.05) is 55.4 Å². The highest BCUT2D eigenvalue weighted by molar-refractivity contribution is 7.88. The summed E-state index contributed by atoms with van der Waals surface area (Å²) in [5.41, 5.74) is 10.0. The van der Waals surface area contributed by atoms with Gasteiger partial charge in [-0.1, -0.05) is 0 Å². The van der Waals surface area contributed by atoms with Gasteiger partial charge in [0.15, 0.2) is 5.82 Å². The van der Waals surface area contributed by atoms with E-state index in [9.17, 15) is 13.2 Å². The Hall–Kier alpha value is -3.48. The van der Waals surface area contributed by atoms with Crippen molar-refractivity contribution in [2.75, 3.05) is 26.5 Å². The number of rotatable bonds is 9. The molecule has 12 heteroatoms. The molecule has 2 saturated carbocycles. The summed E-state index contributed by atoms with van der Waals surface area (Å²) in [7, 11) is -1.81. The highest BCUT2D eigenvalue weighted by atomic mass is 32.2. The number of aromatic nitrogens is 4. The molecular formula is C29H35N7O4S. The summed E-state index contributed by atoms with van der Waals surface area (Å²) in [6.45, 7) is 2.01.